The number of hydrogen-bond acceptors (Lipinski definition) is 0. The van der Waals surface area contributed by atoms with Crippen molar-refractivity contribution < 1.29 is 0 Å². The summed E-state index contributed by atoms with van der Waals surface area (Å²) in [5, 5.41) is 0. The lowest BCUT2D eigenvalue weighted by molar-refractivity contribution is 0.960. The molecule has 0 spiro atoms. The molecule has 0 saturated carbocycles. The van der Waals surface area contributed by atoms with Gasteiger partial charge in [0, 0.05) is 9.52 Å². The predicted molar refractivity (Wildman–Crippen MR) is 38.5 cm³/mol. The van der Waals surface area contributed by atoms with Gasteiger partial charge in [0.25, 0.3) is 0 Å². The van der Waals surface area contributed by atoms with Gasteiger partial charge in [0.2, 0.25) is 0 Å². The Bertz CT molecular complexity index is 48.1. The van der Waals surface area contributed by atoms with E-state index in [1.807, 2.05) is 0 Å². The summed E-state index contributed by atoms with van der Waals surface area (Å²) >= 11 is 0. The Morgan fingerprint density at radius 3 is 2.71 bits per heavy atom. The van der Waals surface area contributed by atoms with Crippen molar-refractivity contribution in [1.82, 2.24) is 0 Å². The lowest BCUT2D eigenvalue weighted by atomic mass is 10.3. The van der Waals surface area contributed by atoms with Crippen molar-refractivity contribution in [2.24, 2.45) is 0 Å². The SMILES string of the molecule is CCCC=C[SiH2]C. The van der Waals surface area contributed by atoms with Crippen molar-refractivity contribution in [3.05, 3.63) is 11.8 Å². The molecule has 0 atom stereocenters. The van der Waals surface area contributed by atoms with E-state index in [0.29, 0.717) is 0 Å². The molecule has 0 aliphatic heterocycles. The molecule has 42 valence electrons. The minimum absolute atomic E-state index is 0.213. The van der Waals surface area contributed by atoms with Crippen LogP contribution in [0.4, 0.5) is 0 Å². The van der Waals surface area contributed by atoms with E-state index in [-0.39, 0.29) is 9.52 Å². The second-order valence-corrected chi connectivity index (χ2v) is 2.96. The number of allylic oxidation sites excluding steroid dienone is 1. The highest BCUT2D eigenvalue weighted by Crippen LogP contribution is 1.85. The molecular weight excluding hydrogens is 100 g/mol. The summed E-state index contributed by atoms with van der Waals surface area (Å²) in [5.41, 5.74) is 2.35. The van der Waals surface area contributed by atoms with Gasteiger partial charge in [-0.3, -0.25) is 0 Å². The molecular formula is C6H14Si. The summed E-state index contributed by atoms with van der Waals surface area (Å²) in [5.74, 6) is 0. The van der Waals surface area contributed by atoms with Gasteiger partial charge in [-0.1, -0.05) is 26.0 Å². The van der Waals surface area contributed by atoms with E-state index < -0.39 is 0 Å². The van der Waals surface area contributed by atoms with Crippen LogP contribution in [0.3, 0.4) is 0 Å². The van der Waals surface area contributed by atoms with Gasteiger partial charge in [0.15, 0.2) is 0 Å². The van der Waals surface area contributed by atoms with Gasteiger partial charge >= 0.3 is 0 Å². The van der Waals surface area contributed by atoms with Crippen LogP contribution in [0.1, 0.15) is 19.8 Å². The van der Waals surface area contributed by atoms with E-state index in [1.165, 1.54) is 12.8 Å². The Labute approximate surface area is 48.4 Å². The van der Waals surface area contributed by atoms with Gasteiger partial charge in [0.05, 0.1) is 0 Å². The molecule has 0 N–H and O–H groups in total. The molecule has 0 aliphatic carbocycles. The van der Waals surface area contributed by atoms with Crippen LogP contribution in [-0.4, -0.2) is 9.52 Å². The Hall–Kier alpha value is -0.0431. The smallest absolute Gasteiger partial charge is 0.0419 e. The standard InChI is InChI=1S/C6H14Si/c1-3-4-5-6-7-2/h5-6H,3-4,7H2,1-2H3. The summed E-state index contributed by atoms with van der Waals surface area (Å²) < 4.78 is 0. The summed E-state index contributed by atoms with van der Waals surface area (Å²) in [4.78, 5) is 0. The fourth-order valence-corrected chi connectivity index (χ4v) is 1.02. The van der Waals surface area contributed by atoms with Gasteiger partial charge in [-0.05, 0) is 6.42 Å². The maximum atomic E-state index is 2.35. The zero-order valence-electron chi connectivity index (χ0n) is 5.28. The summed E-state index contributed by atoms with van der Waals surface area (Å²) in [6, 6.07) is 0. The third-order valence-corrected chi connectivity index (χ3v) is 1.66. The quantitative estimate of drug-likeness (QED) is 0.488. The highest BCUT2D eigenvalue weighted by atomic mass is 28.2. The molecule has 0 amide bonds. The lowest BCUT2D eigenvalue weighted by Crippen LogP contribution is -1.69. The van der Waals surface area contributed by atoms with E-state index in [2.05, 4.69) is 25.2 Å². The number of rotatable bonds is 3. The normalized spacial score (nSPS) is 12.3. The Morgan fingerprint density at radius 2 is 2.29 bits per heavy atom. The van der Waals surface area contributed by atoms with Crippen molar-refractivity contribution >= 4 is 9.52 Å². The topological polar surface area (TPSA) is 0 Å². The molecule has 0 aromatic heterocycles. The van der Waals surface area contributed by atoms with E-state index in [9.17, 15) is 0 Å². The van der Waals surface area contributed by atoms with Crippen molar-refractivity contribution in [2.45, 2.75) is 26.3 Å². The van der Waals surface area contributed by atoms with Crippen molar-refractivity contribution in [3.63, 3.8) is 0 Å². The van der Waals surface area contributed by atoms with Crippen molar-refractivity contribution in [2.75, 3.05) is 0 Å². The van der Waals surface area contributed by atoms with Crippen LogP contribution in [0.5, 0.6) is 0 Å². The van der Waals surface area contributed by atoms with Gasteiger partial charge in [0.1, 0.15) is 0 Å². The first kappa shape index (κ1) is 6.96. The second-order valence-electron chi connectivity index (χ2n) is 1.67. The first-order valence-electron chi connectivity index (χ1n) is 3.06. The largest absolute Gasteiger partial charge is 0.106 e. The number of unbranched alkanes of at least 4 members (excludes halogenated alkanes) is 1. The van der Waals surface area contributed by atoms with Crippen LogP contribution in [0.15, 0.2) is 11.8 Å². The first-order valence-corrected chi connectivity index (χ1v) is 5.29. The van der Waals surface area contributed by atoms with E-state index in [1.54, 1.807) is 0 Å². The van der Waals surface area contributed by atoms with Crippen LogP contribution in [0, 0.1) is 0 Å². The maximum Gasteiger partial charge on any atom is 0.0419 e. The van der Waals surface area contributed by atoms with Crippen LogP contribution in [0.25, 0.3) is 0 Å². The molecule has 0 bridgehead atoms. The van der Waals surface area contributed by atoms with Crippen molar-refractivity contribution in [1.29, 1.82) is 0 Å². The van der Waals surface area contributed by atoms with Crippen LogP contribution in [-0.2, 0) is 0 Å². The highest BCUT2D eigenvalue weighted by Gasteiger charge is 1.68. The van der Waals surface area contributed by atoms with Crippen LogP contribution < -0.4 is 0 Å². The summed E-state index contributed by atoms with van der Waals surface area (Å²) in [6.45, 7) is 4.51. The fraction of sp³-hybridized carbons (Fsp3) is 0.667. The molecule has 0 rings (SSSR count). The Kier molecular flexibility index (Phi) is 5.92. The lowest BCUT2D eigenvalue weighted by Gasteiger charge is -1.79. The summed E-state index contributed by atoms with van der Waals surface area (Å²) in [7, 11) is 0.213. The molecule has 0 aromatic rings. The molecule has 0 heterocycles. The van der Waals surface area contributed by atoms with E-state index in [4.69, 9.17) is 0 Å². The van der Waals surface area contributed by atoms with Gasteiger partial charge in [-0.25, -0.2) is 0 Å². The maximum absolute atomic E-state index is 2.35. The van der Waals surface area contributed by atoms with Crippen LogP contribution >= 0.6 is 0 Å². The Balaban J connectivity index is 2.78. The first-order chi connectivity index (χ1) is 3.41. The van der Waals surface area contributed by atoms with Gasteiger partial charge in [-0.2, -0.15) is 0 Å². The molecule has 0 nitrogen and oxygen atoms in total. The van der Waals surface area contributed by atoms with Gasteiger partial charge in [-0.15, -0.1) is 5.70 Å². The average molecular weight is 114 g/mol. The minimum atomic E-state index is 0.213. The molecule has 7 heavy (non-hydrogen) atoms. The molecule has 0 aliphatic rings. The second kappa shape index (κ2) is 5.96. The number of hydrogen-bond donors (Lipinski definition) is 0. The third-order valence-electron chi connectivity index (χ3n) is 0.858. The highest BCUT2D eigenvalue weighted by molar-refractivity contribution is 6.40. The Morgan fingerprint density at radius 1 is 1.57 bits per heavy atom. The molecule has 0 saturated heterocycles. The van der Waals surface area contributed by atoms with E-state index in [0.717, 1.165) is 0 Å². The predicted octanol–water partition coefficient (Wildman–Crippen LogP) is 1.52. The third kappa shape index (κ3) is 5.96. The van der Waals surface area contributed by atoms with E-state index >= 15 is 0 Å². The van der Waals surface area contributed by atoms with Crippen LogP contribution in [0.2, 0.25) is 6.55 Å². The monoisotopic (exact) mass is 114 g/mol. The molecule has 0 unspecified atom stereocenters. The zero-order valence-corrected chi connectivity index (χ0v) is 6.69. The van der Waals surface area contributed by atoms with Gasteiger partial charge < -0.3 is 0 Å². The summed E-state index contributed by atoms with van der Waals surface area (Å²) in [6.07, 6.45) is 4.87. The minimum Gasteiger partial charge on any atom is -0.106 e. The fourth-order valence-electron chi connectivity index (χ4n) is 0.451. The van der Waals surface area contributed by atoms with Crippen molar-refractivity contribution in [3.8, 4) is 0 Å². The molecule has 0 fully saturated rings. The zero-order chi connectivity index (χ0) is 5.54. The average Bonchev–Trinajstić information content (AvgIpc) is 1.69. The molecule has 1 heteroatoms. The molecule has 0 radical (unpaired) electrons. The molecule has 0 aromatic carbocycles.